The van der Waals surface area contributed by atoms with Crippen LogP contribution in [0.5, 0.6) is 17.2 Å². The number of aliphatic hydroxyl groups is 1. The third kappa shape index (κ3) is 8.04. The van der Waals surface area contributed by atoms with E-state index < -0.39 is 6.10 Å². The molecule has 2 aromatic carbocycles. The van der Waals surface area contributed by atoms with E-state index in [-0.39, 0.29) is 24.4 Å². The number of hydrogen-bond acceptors (Lipinski definition) is 7. The molecule has 0 aromatic heterocycles. The van der Waals surface area contributed by atoms with Gasteiger partial charge in [0.2, 0.25) is 11.7 Å². The average molecular weight is 551 g/mol. The third-order valence-electron chi connectivity index (χ3n) is 6.36. The van der Waals surface area contributed by atoms with Crippen molar-refractivity contribution in [2.45, 2.75) is 43.1 Å². The Labute approximate surface area is 231 Å². The first-order chi connectivity index (χ1) is 17.3. The van der Waals surface area contributed by atoms with Gasteiger partial charge in [0.15, 0.2) is 11.5 Å². The fourth-order valence-corrected chi connectivity index (χ4v) is 5.15. The zero-order valence-electron chi connectivity index (χ0n) is 22.5. The van der Waals surface area contributed by atoms with Gasteiger partial charge >= 0.3 is 0 Å². The summed E-state index contributed by atoms with van der Waals surface area (Å²) >= 11 is 1.81. The molecule has 0 radical (unpaired) electrons. The van der Waals surface area contributed by atoms with Crippen LogP contribution in [0, 0.1) is 0 Å². The van der Waals surface area contributed by atoms with Gasteiger partial charge in [0, 0.05) is 48.4 Å². The summed E-state index contributed by atoms with van der Waals surface area (Å²) < 4.78 is 16.1. The van der Waals surface area contributed by atoms with Gasteiger partial charge in [0.25, 0.3) is 0 Å². The van der Waals surface area contributed by atoms with E-state index in [1.54, 1.807) is 45.6 Å². The largest absolute Gasteiger partial charge is 0.493 e. The van der Waals surface area contributed by atoms with Crippen molar-refractivity contribution in [2.24, 2.45) is 0 Å². The number of rotatable bonds is 10. The van der Waals surface area contributed by atoms with E-state index in [4.69, 9.17) is 14.2 Å². The number of methoxy groups -OCH3 is 3. The molecule has 0 bridgehead atoms. The molecule has 1 heterocycles. The van der Waals surface area contributed by atoms with Crippen molar-refractivity contribution >= 4 is 36.2 Å². The Morgan fingerprint density at radius 3 is 2.00 bits per heavy atom. The van der Waals surface area contributed by atoms with Crippen LogP contribution in [0.15, 0.2) is 47.4 Å². The molecule has 37 heavy (non-hydrogen) atoms. The van der Waals surface area contributed by atoms with Gasteiger partial charge in [-0.1, -0.05) is 26.0 Å². The fraction of sp³-hybridized carbons (Fsp3) is 0.464. The molecule has 1 saturated heterocycles. The van der Waals surface area contributed by atoms with Crippen LogP contribution in [0.1, 0.15) is 38.0 Å². The lowest BCUT2D eigenvalue weighted by Crippen LogP contribution is -2.52. The molecule has 204 valence electrons. The van der Waals surface area contributed by atoms with Crippen LogP contribution in [0.25, 0.3) is 6.08 Å². The normalized spacial score (nSPS) is 15.8. The van der Waals surface area contributed by atoms with E-state index in [1.807, 2.05) is 35.7 Å². The van der Waals surface area contributed by atoms with E-state index in [2.05, 4.69) is 30.9 Å². The summed E-state index contributed by atoms with van der Waals surface area (Å²) in [5.41, 5.74) is 1.70. The highest BCUT2D eigenvalue weighted by Crippen LogP contribution is 2.38. The van der Waals surface area contributed by atoms with E-state index >= 15 is 0 Å². The quantitative estimate of drug-likeness (QED) is 0.333. The van der Waals surface area contributed by atoms with Crippen LogP contribution in [0.2, 0.25) is 0 Å². The first-order valence-corrected chi connectivity index (χ1v) is 13.1. The van der Waals surface area contributed by atoms with E-state index in [0.29, 0.717) is 48.7 Å². The minimum absolute atomic E-state index is 0. The van der Waals surface area contributed by atoms with Crippen molar-refractivity contribution in [3.05, 3.63) is 53.6 Å². The van der Waals surface area contributed by atoms with Crippen LogP contribution in [0.4, 0.5) is 0 Å². The van der Waals surface area contributed by atoms with Crippen molar-refractivity contribution in [3.63, 3.8) is 0 Å². The second-order valence-electron chi connectivity index (χ2n) is 9.07. The van der Waals surface area contributed by atoms with E-state index in [1.165, 1.54) is 4.90 Å². The topological polar surface area (TPSA) is 71.5 Å². The van der Waals surface area contributed by atoms with Gasteiger partial charge in [0.05, 0.1) is 27.4 Å². The number of aliphatic hydroxyl groups excluding tert-OH is 1. The summed E-state index contributed by atoms with van der Waals surface area (Å²) in [6, 6.07) is 11.7. The first-order valence-electron chi connectivity index (χ1n) is 12.2. The molecule has 2 atom stereocenters. The third-order valence-corrected chi connectivity index (χ3v) is 7.37. The molecule has 1 N–H and O–H groups in total. The molecule has 1 amide bonds. The zero-order valence-corrected chi connectivity index (χ0v) is 24.1. The molecule has 0 spiro atoms. The lowest BCUT2D eigenvalue weighted by atomic mass is 10.0. The molecule has 0 aliphatic carbocycles. The second kappa shape index (κ2) is 14.5. The number of piperazine rings is 1. The second-order valence-corrected chi connectivity index (χ2v) is 10.7. The Bertz CT molecular complexity index is 1010. The number of thioether (sulfide) groups is 1. The predicted octanol–water partition coefficient (Wildman–Crippen LogP) is 4.91. The lowest BCUT2D eigenvalue weighted by molar-refractivity contribution is -0.128. The number of carbonyl (C=O) groups is 1. The Hall–Kier alpha value is -2.39. The minimum Gasteiger partial charge on any atom is -0.493 e. The molecule has 9 heteroatoms. The number of ether oxygens (including phenoxy) is 3. The summed E-state index contributed by atoms with van der Waals surface area (Å²) in [6.45, 7) is 9.03. The molecule has 2 unspecified atom stereocenters. The molecular weight excluding hydrogens is 512 g/mol. The predicted molar refractivity (Wildman–Crippen MR) is 152 cm³/mol. The summed E-state index contributed by atoms with van der Waals surface area (Å²) in [5.74, 6) is 1.55. The van der Waals surface area contributed by atoms with Crippen LogP contribution >= 0.6 is 24.2 Å². The van der Waals surface area contributed by atoms with Crippen molar-refractivity contribution in [3.8, 4) is 17.2 Å². The van der Waals surface area contributed by atoms with Crippen molar-refractivity contribution in [2.75, 3.05) is 47.5 Å². The van der Waals surface area contributed by atoms with Gasteiger partial charge in [0.1, 0.15) is 0 Å². The van der Waals surface area contributed by atoms with Gasteiger partial charge in [-0.2, -0.15) is 0 Å². The lowest BCUT2D eigenvalue weighted by Gasteiger charge is -2.39. The highest BCUT2D eigenvalue weighted by Gasteiger charge is 2.27. The van der Waals surface area contributed by atoms with Gasteiger partial charge in [-0.15, -0.1) is 24.2 Å². The molecule has 3 rings (SSSR count). The highest BCUT2D eigenvalue weighted by molar-refractivity contribution is 7.99. The molecule has 7 nitrogen and oxygen atoms in total. The number of amides is 1. The van der Waals surface area contributed by atoms with Crippen LogP contribution < -0.4 is 14.2 Å². The molecular formula is C28H39ClN2O5S. The van der Waals surface area contributed by atoms with Gasteiger partial charge < -0.3 is 24.2 Å². The zero-order chi connectivity index (χ0) is 26.2. The maximum Gasteiger partial charge on any atom is 0.246 e. The molecule has 1 aliphatic rings. The summed E-state index contributed by atoms with van der Waals surface area (Å²) in [5, 5.41) is 11.5. The number of halogens is 1. The standard InChI is InChI=1S/C28H38N2O5S.ClH/c1-19(2)36-23-10-8-22(9-11-23)27(32)20(3)29-13-15-30(16-14-29)26(31)12-7-21-17-24(33-4)28(35-6)25(18-21)34-5;/h7-12,17-20,27,32H,13-16H2,1-6H3;1H. The molecule has 1 aliphatic heterocycles. The van der Waals surface area contributed by atoms with Crippen molar-refractivity contribution in [1.82, 2.24) is 9.80 Å². The van der Waals surface area contributed by atoms with E-state index in [9.17, 15) is 9.90 Å². The monoisotopic (exact) mass is 550 g/mol. The van der Waals surface area contributed by atoms with Crippen molar-refractivity contribution in [1.29, 1.82) is 0 Å². The smallest absolute Gasteiger partial charge is 0.246 e. The van der Waals surface area contributed by atoms with E-state index in [0.717, 1.165) is 11.1 Å². The number of nitrogens with zero attached hydrogens (tertiary/aromatic N) is 2. The molecule has 1 fully saturated rings. The number of hydrogen-bond donors (Lipinski definition) is 1. The van der Waals surface area contributed by atoms with Crippen molar-refractivity contribution < 1.29 is 24.1 Å². The van der Waals surface area contributed by atoms with Gasteiger partial charge in [-0.25, -0.2) is 0 Å². The van der Waals surface area contributed by atoms with Gasteiger partial charge in [-0.3, -0.25) is 9.69 Å². The highest BCUT2D eigenvalue weighted by atomic mass is 35.5. The van der Waals surface area contributed by atoms with Crippen LogP contribution in [-0.4, -0.2) is 79.6 Å². The maximum atomic E-state index is 12.8. The summed E-state index contributed by atoms with van der Waals surface area (Å²) in [7, 11) is 4.68. The Morgan fingerprint density at radius 1 is 0.946 bits per heavy atom. The van der Waals surface area contributed by atoms with Crippen LogP contribution in [0.3, 0.4) is 0 Å². The first kappa shape index (κ1) is 30.8. The molecule has 2 aromatic rings. The minimum atomic E-state index is -0.578. The fourth-order valence-electron chi connectivity index (χ4n) is 4.31. The summed E-state index contributed by atoms with van der Waals surface area (Å²) in [6.07, 6.45) is 2.75. The van der Waals surface area contributed by atoms with Crippen LogP contribution in [-0.2, 0) is 4.79 Å². The van der Waals surface area contributed by atoms with Gasteiger partial charge in [-0.05, 0) is 48.4 Å². The molecule has 0 saturated carbocycles. The maximum absolute atomic E-state index is 12.8. The Morgan fingerprint density at radius 2 is 1.51 bits per heavy atom. The SMILES string of the molecule is COc1cc(C=CC(=O)N2CCN(C(C)C(O)c3ccc(SC(C)C)cc3)CC2)cc(OC)c1OC.Cl. The number of benzene rings is 2. The Kier molecular flexibility index (Phi) is 12.1. The summed E-state index contributed by atoms with van der Waals surface area (Å²) in [4.78, 5) is 18.1. The average Bonchev–Trinajstić information content (AvgIpc) is 2.90. The Balaban J connectivity index is 0.00000481. The number of carbonyl (C=O) groups excluding carboxylic acids is 1.